The number of nitrogens with one attached hydrogen (secondary N) is 1. The first-order valence-electron chi connectivity index (χ1n) is 5.81. The van der Waals surface area contributed by atoms with E-state index in [1.54, 1.807) is 6.07 Å². The van der Waals surface area contributed by atoms with Gasteiger partial charge < -0.3 is 5.32 Å². The van der Waals surface area contributed by atoms with Crippen molar-refractivity contribution in [2.45, 2.75) is 20.4 Å². The van der Waals surface area contributed by atoms with Gasteiger partial charge in [-0.05, 0) is 48.7 Å². The second kappa shape index (κ2) is 5.40. The molecule has 0 unspecified atom stereocenters. The van der Waals surface area contributed by atoms with Crippen molar-refractivity contribution in [3.8, 4) is 0 Å². The number of rotatable bonds is 3. The summed E-state index contributed by atoms with van der Waals surface area (Å²) in [7, 11) is 0. The van der Waals surface area contributed by atoms with Crippen LogP contribution in [-0.2, 0) is 6.54 Å². The fourth-order valence-corrected chi connectivity index (χ4v) is 2.07. The first kappa shape index (κ1) is 12.9. The van der Waals surface area contributed by atoms with Gasteiger partial charge in [-0.25, -0.2) is 4.39 Å². The van der Waals surface area contributed by atoms with E-state index >= 15 is 0 Å². The summed E-state index contributed by atoms with van der Waals surface area (Å²) in [6.45, 7) is 4.53. The summed E-state index contributed by atoms with van der Waals surface area (Å²) in [6.07, 6.45) is 0. The molecule has 0 atom stereocenters. The zero-order chi connectivity index (χ0) is 13.1. The van der Waals surface area contributed by atoms with E-state index in [1.165, 1.54) is 12.1 Å². The summed E-state index contributed by atoms with van der Waals surface area (Å²) in [5.41, 5.74) is 3.95. The molecule has 3 heteroatoms. The van der Waals surface area contributed by atoms with Gasteiger partial charge in [0.15, 0.2) is 0 Å². The molecule has 0 saturated heterocycles. The molecule has 0 spiro atoms. The highest BCUT2D eigenvalue weighted by Crippen LogP contribution is 2.21. The van der Waals surface area contributed by atoms with E-state index in [9.17, 15) is 4.39 Å². The minimum Gasteiger partial charge on any atom is -0.381 e. The topological polar surface area (TPSA) is 12.0 Å². The number of aryl methyl sites for hydroxylation is 2. The molecule has 94 valence electrons. The molecule has 2 aromatic rings. The Kier molecular flexibility index (Phi) is 3.87. The van der Waals surface area contributed by atoms with E-state index in [2.05, 4.69) is 5.32 Å². The fourth-order valence-electron chi connectivity index (χ4n) is 1.77. The zero-order valence-electron chi connectivity index (χ0n) is 10.4. The van der Waals surface area contributed by atoms with Crippen LogP contribution in [0.1, 0.15) is 16.7 Å². The summed E-state index contributed by atoms with van der Waals surface area (Å²) in [4.78, 5) is 0. The molecule has 18 heavy (non-hydrogen) atoms. The Hall–Kier alpha value is -1.54. The maximum atomic E-state index is 13.1. The summed E-state index contributed by atoms with van der Waals surface area (Å²) in [6, 6.07) is 10.6. The van der Waals surface area contributed by atoms with Crippen molar-refractivity contribution in [2.24, 2.45) is 0 Å². The van der Waals surface area contributed by atoms with Crippen molar-refractivity contribution in [3.05, 3.63) is 63.9 Å². The van der Waals surface area contributed by atoms with Crippen LogP contribution in [0.3, 0.4) is 0 Å². The van der Waals surface area contributed by atoms with Crippen LogP contribution in [0.4, 0.5) is 10.1 Å². The van der Waals surface area contributed by atoms with Gasteiger partial charge in [0.05, 0.1) is 0 Å². The molecule has 1 N–H and O–H groups in total. The third-order valence-electron chi connectivity index (χ3n) is 2.88. The molecule has 2 rings (SSSR count). The predicted molar refractivity (Wildman–Crippen MR) is 74.7 cm³/mol. The molecule has 0 aliphatic carbocycles. The van der Waals surface area contributed by atoms with Gasteiger partial charge in [-0.2, -0.15) is 0 Å². The normalized spacial score (nSPS) is 10.4. The van der Waals surface area contributed by atoms with E-state index in [0.29, 0.717) is 6.54 Å². The molecule has 0 aliphatic heterocycles. The number of halogens is 2. The van der Waals surface area contributed by atoms with Crippen molar-refractivity contribution in [1.29, 1.82) is 0 Å². The number of benzene rings is 2. The van der Waals surface area contributed by atoms with Crippen LogP contribution >= 0.6 is 11.6 Å². The second-order valence-corrected chi connectivity index (χ2v) is 4.81. The van der Waals surface area contributed by atoms with E-state index in [0.717, 1.165) is 27.4 Å². The third-order valence-corrected chi connectivity index (χ3v) is 3.23. The van der Waals surface area contributed by atoms with E-state index < -0.39 is 0 Å². The van der Waals surface area contributed by atoms with Crippen molar-refractivity contribution in [1.82, 2.24) is 0 Å². The van der Waals surface area contributed by atoms with Gasteiger partial charge in [-0.1, -0.05) is 29.8 Å². The van der Waals surface area contributed by atoms with Crippen molar-refractivity contribution in [2.75, 3.05) is 5.32 Å². The zero-order valence-corrected chi connectivity index (χ0v) is 11.2. The summed E-state index contributed by atoms with van der Waals surface area (Å²) in [5.74, 6) is -0.238. The van der Waals surface area contributed by atoms with E-state index in [1.807, 2.05) is 32.0 Å². The van der Waals surface area contributed by atoms with Crippen LogP contribution in [0, 0.1) is 19.7 Å². The lowest BCUT2D eigenvalue weighted by Gasteiger charge is -2.11. The van der Waals surface area contributed by atoms with Gasteiger partial charge in [-0.3, -0.25) is 0 Å². The SMILES string of the molecule is Cc1ccc(CNc2cc(F)ccc2C)c(Cl)c1. The van der Waals surface area contributed by atoms with Crippen LogP contribution in [0.15, 0.2) is 36.4 Å². The highest BCUT2D eigenvalue weighted by atomic mass is 35.5. The van der Waals surface area contributed by atoms with Crippen LogP contribution in [0.25, 0.3) is 0 Å². The Morgan fingerprint density at radius 1 is 1.11 bits per heavy atom. The molecule has 1 nitrogen and oxygen atoms in total. The lowest BCUT2D eigenvalue weighted by Crippen LogP contribution is -2.02. The van der Waals surface area contributed by atoms with Gasteiger partial charge in [-0.15, -0.1) is 0 Å². The molecule has 2 aromatic carbocycles. The van der Waals surface area contributed by atoms with E-state index in [-0.39, 0.29) is 5.82 Å². The van der Waals surface area contributed by atoms with Crippen molar-refractivity contribution < 1.29 is 4.39 Å². The first-order chi connectivity index (χ1) is 8.56. The monoisotopic (exact) mass is 263 g/mol. The van der Waals surface area contributed by atoms with Crippen LogP contribution < -0.4 is 5.32 Å². The third kappa shape index (κ3) is 3.02. The number of anilines is 1. The standard InChI is InChI=1S/C15H15ClFN/c1-10-3-5-12(14(16)7-10)9-18-15-8-13(17)6-4-11(15)2/h3-8,18H,9H2,1-2H3. The van der Waals surface area contributed by atoms with Crippen molar-refractivity contribution in [3.63, 3.8) is 0 Å². The smallest absolute Gasteiger partial charge is 0.125 e. The summed E-state index contributed by atoms with van der Waals surface area (Å²) < 4.78 is 13.1. The molecule has 0 aliphatic rings. The van der Waals surface area contributed by atoms with Crippen LogP contribution in [-0.4, -0.2) is 0 Å². The highest BCUT2D eigenvalue weighted by Gasteiger charge is 2.03. The largest absolute Gasteiger partial charge is 0.381 e. The van der Waals surface area contributed by atoms with Crippen LogP contribution in [0.2, 0.25) is 5.02 Å². The van der Waals surface area contributed by atoms with Gasteiger partial charge in [0.2, 0.25) is 0 Å². The maximum absolute atomic E-state index is 13.1. The quantitative estimate of drug-likeness (QED) is 0.846. The Morgan fingerprint density at radius 2 is 1.89 bits per heavy atom. The Labute approximate surface area is 112 Å². The van der Waals surface area contributed by atoms with Crippen molar-refractivity contribution >= 4 is 17.3 Å². The Balaban J connectivity index is 2.13. The second-order valence-electron chi connectivity index (χ2n) is 4.41. The predicted octanol–water partition coefficient (Wildman–Crippen LogP) is 4.71. The molecular formula is C15H15ClFN. The molecule has 0 amide bonds. The first-order valence-corrected chi connectivity index (χ1v) is 6.19. The molecule has 0 aromatic heterocycles. The molecule has 0 fully saturated rings. The lowest BCUT2D eigenvalue weighted by molar-refractivity contribution is 0.628. The summed E-state index contributed by atoms with van der Waals surface area (Å²) >= 11 is 6.15. The average Bonchev–Trinajstić information content (AvgIpc) is 2.32. The molecule has 0 heterocycles. The molecule has 0 saturated carbocycles. The Morgan fingerprint density at radius 3 is 2.61 bits per heavy atom. The number of hydrogen-bond donors (Lipinski definition) is 1. The average molecular weight is 264 g/mol. The minimum absolute atomic E-state index is 0.238. The van der Waals surface area contributed by atoms with E-state index in [4.69, 9.17) is 11.6 Å². The molecule has 0 bridgehead atoms. The van der Waals surface area contributed by atoms with Gasteiger partial charge in [0.1, 0.15) is 5.82 Å². The fraction of sp³-hybridized carbons (Fsp3) is 0.200. The maximum Gasteiger partial charge on any atom is 0.125 e. The number of hydrogen-bond acceptors (Lipinski definition) is 1. The van der Waals surface area contributed by atoms with Gasteiger partial charge >= 0.3 is 0 Å². The molecule has 0 radical (unpaired) electrons. The summed E-state index contributed by atoms with van der Waals surface area (Å²) in [5, 5.41) is 3.94. The lowest BCUT2D eigenvalue weighted by atomic mass is 10.1. The van der Waals surface area contributed by atoms with Crippen LogP contribution in [0.5, 0.6) is 0 Å². The Bertz CT molecular complexity index is 566. The minimum atomic E-state index is -0.238. The van der Waals surface area contributed by atoms with Gasteiger partial charge in [0.25, 0.3) is 0 Å². The molecular weight excluding hydrogens is 249 g/mol. The highest BCUT2D eigenvalue weighted by molar-refractivity contribution is 6.31. The van der Waals surface area contributed by atoms with Gasteiger partial charge in [0, 0.05) is 17.3 Å².